The number of aromatic amines is 1. The molecule has 3 unspecified atom stereocenters. The molecule has 0 aromatic carbocycles. The summed E-state index contributed by atoms with van der Waals surface area (Å²) in [5.41, 5.74) is 0.265. The first-order valence-corrected chi connectivity index (χ1v) is 7.24. The fraction of sp³-hybridized carbons (Fsp3) is 0.692. The van der Waals surface area contributed by atoms with Crippen LogP contribution < -0.4 is 0 Å². The van der Waals surface area contributed by atoms with Gasteiger partial charge < -0.3 is 19.4 Å². The van der Waals surface area contributed by atoms with Crippen molar-refractivity contribution >= 4 is 18.2 Å². The van der Waals surface area contributed by atoms with Crippen molar-refractivity contribution in [1.29, 1.82) is 0 Å². The van der Waals surface area contributed by atoms with E-state index in [1.807, 2.05) is 0 Å². The predicted molar refractivity (Wildman–Crippen MR) is 71.9 cm³/mol. The number of H-pyrrole nitrogens is 1. The number of rotatable bonds is 2. The number of hydrogen-bond donors (Lipinski definition) is 2. The first-order valence-electron chi connectivity index (χ1n) is 6.83. The van der Waals surface area contributed by atoms with Crippen molar-refractivity contribution < 1.29 is 14.6 Å². The largest absolute Gasteiger partial charge is 0.477 e. The van der Waals surface area contributed by atoms with Crippen molar-refractivity contribution in [2.45, 2.75) is 44.2 Å². The van der Waals surface area contributed by atoms with Gasteiger partial charge in [-0.2, -0.15) is 0 Å². The van der Waals surface area contributed by atoms with Crippen LogP contribution in [0.2, 0.25) is 0 Å². The van der Waals surface area contributed by atoms with E-state index in [2.05, 4.69) is 4.98 Å². The SMILES string of the molecule is O=C(O)c1c[nH]c(=S)n1C1CCOC2CCCCC21. The van der Waals surface area contributed by atoms with Gasteiger partial charge in [0.25, 0.3) is 0 Å². The second kappa shape index (κ2) is 5.09. The summed E-state index contributed by atoms with van der Waals surface area (Å²) in [6.45, 7) is 0.692. The highest BCUT2D eigenvalue weighted by Gasteiger charge is 2.38. The number of fused-ring (bicyclic) bond motifs is 1. The van der Waals surface area contributed by atoms with Gasteiger partial charge in [0, 0.05) is 24.8 Å². The van der Waals surface area contributed by atoms with Crippen molar-refractivity contribution in [3.63, 3.8) is 0 Å². The van der Waals surface area contributed by atoms with E-state index in [1.54, 1.807) is 4.57 Å². The van der Waals surface area contributed by atoms with Crippen LogP contribution >= 0.6 is 12.2 Å². The molecule has 1 saturated heterocycles. The van der Waals surface area contributed by atoms with E-state index in [1.165, 1.54) is 19.0 Å². The zero-order valence-corrected chi connectivity index (χ0v) is 11.5. The van der Waals surface area contributed by atoms with Gasteiger partial charge in [-0.25, -0.2) is 4.79 Å². The van der Waals surface area contributed by atoms with E-state index in [4.69, 9.17) is 17.0 Å². The number of carbonyl (C=O) groups is 1. The van der Waals surface area contributed by atoms with E-state index in [9.17, 15) is 9.90 Å². The van der Waals surface area contributed by atoms with Gasteiger partial charge in [-0.15, -0.1) is 0 Å². The molecule has 0 amide bonds. The molecule has 0 bridgehead atoms. The Morgan fingerprint density at radius 1 is 1.42 bits per heavy atom. The monoisotopic (exact) mass is 282 g/mol. The molecular weight excluding hydrogens is 264 g/mol. The molecule has 1 aromatic heterocycles. The quantitative estimate of drug-likeness (QED) is 0.818. The molecule has 3 rings (SSSR count). The van der Waals surface area contributed by atoms with Gasteiger partial charge in [0.2, 0.25) is 0 Å². The lowest BCUT2D eigenvalue weighted by Crippen LogP contribution is -2.40. The number of carboxylic acid groups (broad SMARTS) is 1. The van der Waals surface area contributed by atoms with Crippen LogP contribution in [0.5, 0.6) is 0 Å². The summed E-state index contributed by atoms with van der Waals surface area (Å²) < 4.78 is 8.15. The number of hydrogen-bond acceptors (Lipinski definition) is 3. The van der Waals surface area contributed by atoms with Crippen molar-refractivity contribution in [3.05, 3.63) is 16.7 Å². The van der Waals surface area contributed by atoms with Gasteiger partial charge in [0.15, 0.2) is 4.77 Å². The molecule has 0 spiro atoms. The van der Waals surface area contributed by atoms with Gasteiger partial charge in [0.05, 0.1) is 6.10 Å². The van der Waals surface area contributed by atoms with Crippen LogP contribution in [0.3, 0.4) is 0 Å². The van der Waals surface area contributed by atoms with Crippen LogP contribution in [-0.4, -0.2) is 33.3 Å². The van der Waals surface area contributed by atoms with Gasteiger partial charge in [-0.3, -0.25) is 0 Å². The maximum Gasteiger partial charge on any atom is 0.354 e. The summed E-state index contributed by atoms with van der Waals surface area (Å²) in [6, 6.07) is 0.156. The molecule has 6 heteroatoms. The van der Waals surface area contributed by atoms with E-state index >= 15 is 0 Å². The summed E-state index contributed by atoms with van der Waals surface area (Å²) in [5, 5.41) is 9.29. The smallest absolute Gasteiger partial charge is 0.354 e. The Kier molecular flexibility index (Phi) is 3.45. The maximum absolute atomic E-state index is 11.3. The first-order chi connectivity index (χ1) is 9.18. The van der Waals surface area contributed by atoms with Crippen LogP contribution in [0, 0.1) is 10.7 Å². The topological polar surface area (TPSA) is 67.2 Å². The second-order valence-electron chi connectivity index (χ2n) is 5.37. The molecule has 1 saturated carbocycles. The molecule has 1 aliphatic heterocycles. The van der Waals surface area contributed by atoms with Gasteiger partial charge in [0.1, 0.15) is 5.69 Å². The van der Waals surface area contributed by atoms with E-state index in [-0.39, 0.29) is 17.8 Å². The molecule has 2 aliphatic rings. The highest BCUT2D eigenvalue weighted by Crippen LogP contribution is 2.40. The minimum absolute atomic E-state index is 0.156. The highest BCUT2D eigenvalue weighted by atomic mass is 32.1. The van der Waals surface area contributed by atoms with Gasteiger partial charge >= 0.3 is 5.97 Å². The molecule has 104 valence electrons. The first kappa shape index (κ1) is 12.9. The summed E-state index contributed by atoms with van der Waals surface area (Å²) in [6.07, 6.45) is 7.19. The fourth-order valence-corrected chi connectivity index (χ4v) is 3.81. The number of imidazole rings is 1. The molecule has 3 atom stereocenters. The number of carboxylic acids is 1. The highest BCUT2D eigenvalue weighted by molar-refractivity contribution is 7.71. The second-order valence-corrected chi connectivity index (χ2v) is 5.75. The number of nitrogens with one attached hydrogen (secondary N) is 1. The number of ether oxygens (including phenoxy) is 1. The van der Waals surface area contributed by atoms with E-state index in [0.717, 1.165) is 19.3 Å². The Labute approximate surface area is 116 Å². The van der Waals surface area contributed by atoms with Crippen molar-refractivity contribution in [1.82, 2.24) is 9.55 Å². The normalized spacial score (nSPS) is 30.8. The molecular formula is C13H18N2O3S. The van der Waals surface area contributed by atoms with Crippen LogP contribution in [-0.2, 0) is 4.74 Å². The van der Waals surface area contributed by atoms with Gasteiger partial charge in [-0.1, -0.05) is 12.8 Å². The fourth-order valence-electron chi connectivity index (χ4n) is 3.52. The Morgan fingerprint density at radius 2 is 2.21 bits per heavy atom. The molecule has 2 fully saturated rings. The Bertz CT molecular complexity index is 534. The average Bonchev–Trinajstić information content (AvgIpc) is 2.80. The maximum atomic E-state index is 11.3. The van der Waals surface area contributed by atoms with Crippen molar-refractivity contribution in [2.75, 3.05) is 6.61 Å². The lowest BCUT2D eigenvalue weighted by atomic mass is 9.78. The minimum atomic E-state index is -0.925. The third-order valence-electron chi connectivity index (χ3n) is 4.35. The molecule has 19 heavy (non-hydrogen) atoms. The van der Waals surface area contributed by atoms with Crippen LogP contribution in [0.4, 0.5) is 0 Å². The lowest BCUT2D eigenvalue weighted by Gasteiger charge is -2.41. The number of nitrogens with zero attached hydrogens (tertiary/aromatic N) is 1. The molecule has 1 aliphatic carbocycles. The molecule has 0 radical (unpaired) electrons. The van der Waals surface area contributed by atoms with Gasteiger partial charge in [-0.05, 0) is 31.5 Å². The van der Waals surface area contributed by atoms with Crippen molar-refractivity contribution in [3.8, 4) is 0 Å². The minimum Gasteiger partial charge on any atom is -0.477 e. The Morgan fingerprint density at radius 3 is 3.00 bits per heavy atom. The number of aromatic carboxylic acids is 1. The zero-order chi connectivity index (χ0) is 13.4. The van der Waals surface area contributed by atoms with Crippen LogP contribution in [0.1, 0.15) is 48.6 Å². The Hall–Kier alpha value is -1.14. The molecule has 1 aromatic rings. The third-order valence-corrected chi connectivity index (χ3v) is 4.67. The summed E-state index contributed by atoms with van der Waals surface area (Å²) >= 11 is 5.27. The zero-order valence-electron chi connectivity index (χ0n) is 10.7. The third kappa shape index (κ3) is 2.23. The number of aromatic nitrogens is 2. The molecule has 2 N–H and O–H groups in total. The summed E-state index contributed by atoms with van der Waals surface area (Å²) in [7, 11) is 0. The summed E-state index contributed by atoms with van der Waals surface area (Å²) in [4.78, 5) is 14.2. The van der Waals surface area contributed by atoms with E-state index in [0.29, 0.717) is 17.3 Å². The predicted octanol–water partition coefficient (Wildman–Crippen LogP) is 2.76. The van der Waals surface area contributed by atoms with Crippen LogP contribution in [0.15, 0.2) is 6.20 Å². The standard InChI is InChI=1S/C13H18N2O3S/c16-12(17)10-7-14-13(19)15(10)9-5-6-18-11-4-2-1-3-8(9)11/h7-9,11H,1-6H2,(H,14,19)(H,16,17). The summed E-state index contributed by atoms with van der Waals surface area (Å²) in [5.74, 6) is -0.533. The molecule has 5 nitrogen and oxygen atoms in total. The Balaban J connectivity index is 1.98. The lowest BCUT2D eigenvalue weighted by molar-refractivity contribution is -0.0727. The van der Waals surface area contributed by atoms with Crippen molar-refractivity contribution in [2.24, 2.45) is 5.92 Å². The average molecular weight is 282 g/mol. The molecule has 2 heterocycles. The van der Waals surface area contributed by atoms with E-state index < -0.39 is 5.97 Å². The van der Waals surface area contributed by atoms with Crippen LogP contribution in [0.25, 0.3) is 0 Å².